The predicted octanol–water partition coefficient (Wildman–Crippen LogP) is 5.39. The van der Waals surface area contributed by atoms with Crippen LogP contribution >= 0.6 is 7.92 Å². The summed E-state index contributed by atoms with van der Waals surface area (Å²) in [5.41, 5.74) is 0.145. The monoisotopic (exact) mass is 314 g/mol. The van der Waals surface area contributed by atoms with E-state index in [2.05, 4.69) is 62.3 Å². The molecule has 0 aromatic rings. The topological polar surface area (TPSA) is 18.5 Å². The maximum Gasteiger partial charge on any atom is 0.170 e. The highest BCUT2D eigenvalue weighted by molar-refractivity contribution is 7.62. The van der Waals surface area contributed by atoms with Gasteiger partial charge in [-0.2, -0.15) is 0 Å². The number of rotatable bonds is 0. The Morgan fingerprint density at radius 2 is 1.14 bits per heavy atom. The van der Waals surface area contributed by atoms with Crippen LogP contribution in [-0.4, -0.2) is 34.5 Å². The van der Waals surface area contributed by atoms with E-state index in [1.54, 1.807) is 0 Å². The van der Waals surface area contributed by atoms with Crippen molar-refractivity contribution in [2.24, 2.45) is 5.41 Å². The van der Waals surface area contributed by atoms with Crippen molar-refractivity contribution in [3.05, 3.63) is 0 Å². The molecule has 2 fully saturated rings. The van der Waals surface area contributed by atoms with Gasteiger partial charge in [0.1, 0.15) is 0 Å². The highest BCUT2D eigenvalue weighted by atomic mass is 31.1. The number of hydrogen-bond acceptors (Lipinski definition) is 2. The van der Waals surface area contributed by atoms with Crippen molar-refractivity contribution in [2.75, 3.05) is 13.2 Å². The molecule has 2 nitrogen and oxygen atoms in total. The van der Waals surface area contributed by atoms with Crippen molar-refractivity contribution in [1.82, 2.24) is 0 Å². The van der Waals surface area contributed by atoms with Gasteiger partial charge in [0.15, 0.2) is 5.79 Å². The SMILES string of the molecule is CC1(C)COC2(CC(C)(C)P(C(C)(C)C)C(C)(C)C2)OC1. The van der Waals surface area contributed by atoms with Gasteiger partial charge in [0.2, 0.25) is 0 Å². The summed E-state index contributed by atoms with van der Waals surface area (Å²) >= 11 is 0. The van der Waals surface area contributed by atoms with Crippen molar-refractivity contribution in [3.8, 4) is 0 Å². The van der Waals surface area contributed by atoms with Gasteiger partial charge in [-0.3, -0.25) is 0 Å². The van der Waals surface area contributed by atoms with Crippen molar-refractivity contribution in [2.45, 2.75) is 96.4 Å². The fourth-order valence-electron chi connectivity index (χ4n) is 5.12. The lowest BCUT2D eigenvalue weighted by Crippen LogP contribution is -2.58. The quantitative estimate of drug-likeness (QED) is 0.558. The Morgan fingerprint density at radius 1 is 0.762 bits per heavy atom. The van der Waals surface area contributed by atoms with Crippen molar-refractivity contribution in [1.29, 1.82) is 0 Å². The molecular formula is C18H35O2P. The Morgan fingerprint density at radius 3 is 1.48 bits per heavy atom. The molecule has 0 aliphatic carbocycles. The first-order valence-corrected chi connectivity index (χ1v) is 9.62. The molecule has 2 rings (SSSR count). The van der Waals surface area contributed by atoms with Crippen LogP contribution in [-0.2, 0) is 9.47 Å². The minimum Gasteiger partial charge on any atom is -0.349 e. The van der Waals surface area contributed by atoms with Gasteiger partial charge in [-0.1, -0.05) is 70.2 Å². The van der Waals surface area contributed by atoms with Crippen LogP contribution in [0.4, 0.5) is 0 Å². The van der Waals surface area contributed by atoms with Gasteiger partial charge in [0.05, 0.1) is 13.2 Å². The van der Waals surface area contributed by atoms with Crippen LogP contribution in [0.3, 0.4) is 0 Å². The molecule has 2 aliphatic rings. The fourth-order valence-corrected chi connectivity index (χ4v) is 11.2. The van der Waals surface area contributed by atoms with E-state index in [1.165, 1.54) is 0 Å². The largest absolute Gasteiger partial charge is 0.349 e. The van der Waals surface area contributed by atoms with Crippen LogP contribution in [0.15, 0.2) is 0 Å². The van der Waals surface area contributed by atoms with Gasteiger partial charge in [0.25, 0.3) is 0 Å². The summed E-state index contributed by atoms with van der Waals surface area (Å²) in [5.74, 6) is -0.355. The Kier molecular flexibility index (Phi) is 4.15. The highest BCUT2D eigenvalue weighted by Gasteiger charge is 2.59. The van der Waals surface area contributed by atoms with Crippen LogP contribution in [0, 0.1) is 5.41 Å². The van der Waals surface area contributed by atoms with Crippen LogP contribution in [0.1, 0.15) is 75.2 Å². The maximum atomic E-state index is 6.34. The molecule has 0 radical (unpaired) electrons. The molecule has 124 valence electrons. The molecule has 1 spiro atoms. The van der Waals surface area contributed by atoms with Crippen molar-refractivity contribution >= 4 is 7.92 Å². The second kappa shape index (κ2) is 4.92. The average molecular weight is 314 g/mol. The van der Waals surface area contributed by atoms with Gasteiger partial charge < -0.3 is 9.47 Å². The van der Waals surface area contributed by atoms with Gasteiger partial charge in [0, 0.05) is 18.3 Å². The summed E-state index contributed by atoms with van der Waals surface area (Å²) in [5, 5.41) is 0.908. The molecular weight excluding hydrogens is 279 g/mol. The van der Waals surface area contributed by atoms with Crippen LogP contribution in [0.25, 0.3) is 0 Å². The van der Waals surface area contributed by atoms with Crippen LogP contribution in [0.2, 0.25) is 0 Å². The van der Waals surface area contributed by atoms with E-state index in [-0.39, 0.29) is 29.4 Å². The Bertz CT molecular complexity index is 374. The second-order valence-electron chi connectivity index (χ2n) is 10.1. The summed E-state index contributed by atoms with van der Waals surface area (Å²) < 4.78 is 12.7. The van der Waals surface area contributed by atoms with E-state index in [9.17, 15) is 0 Å². The molecule has 0 atom stereocenters. The summed E-state index contributed by atoms with van der Waals surface area (Å²) in [6.07, 6.45) is 2.06. The van der Waals surface area contributed by atoms with Gasteiger partial charge in [-0.15, -0.1) is 0 Å². The minimum absolute atomic E-state index is 0.134. The Balaban J connectivity index is 2.30. The van der Waals surface area contributed by atoms with Gasteiger partial charge in [-0.05, 0) is 15.5 Å². The summed E-state index contributed by atoms with van der Waals surface area (Å²) in [6, 6.07) is 0. The lowest BCUT2D eigenvalue weighted by Gasteiger charge is -2.62. The van der Waals surface area contributed by atoms with E-state index in [1.807, 2.05) is 0 Å². The molecule has 2 heterocycles. The Hall–Kier alpha value is 0.350. The smallest absolute Gasteiger partial charge is 0.170 e. The molecule has 3 heteroatoms. The summed E-state index contributed by atoms with van der Waals surface area (Å²) in [6.45, 7) is 23.0. The molecule has 0 amide bonds. The van der Waals surface area contributed by atoms with Crippen LogP contribution in [0.5, 0.6) is 0 Å². The lowest BCUT2D eigenvalue weighted by molar-refractivity contribution is -0.310. The van der Waals surface area contributed by atoms with E-state index in [0.29, 0.717) is 5.16 Å². The van der Waals surface area contributed by atoms with E-state index in [4.69, 9.17) is 9.47 Å². The minimum atomic E-state index is -0.355. The zero-order valence-electron chi connectivity index (χ0n) is 15.6. The van der Waals surface area contributed by atoms with E-state index < -0.39 is 0 Å². The zero-order chi connectivity index (χ0) is 16.3. The zero-order valence-corrected chi connectivity index (χ0v) is 16.5. The molecule has 0 N–H and O–H groups in total. The van der Waals surface area contributed by atoms with Crippen molar-refractivity contribution < 1.29 is 9.47 Å². The van der Waals surface area contributed by atoms with Gasteiger partial charge >= 0.3 is 0 Å². The van der Waals surface area contributed by atoms with E-state index >= 15 is 0 Å². The average Bonchev–Trinajstić information content (AvgIpc) is 2.17. The molecule has 2 saturated heterocycles. The molecule has 21 heavy (non-hydrogen) atoms. The fraction of sp³-hybridized carbons (Fsp3) is 1.00. The number of hydrogen-bond donors (Lipinski definition) is 0. The number of ether oxygens (including phenoxy) is 2. The second-order valence-corrected chi connectivity index (χ2v) is 14.6. The first-order valence-electron chi connectivity index (χ1n) is 8.28. The highest BCUT2D eigenvalue weighted by Crippen LogP contribution is 2.74. The summed E-state index contributed by atoms with van der Waals surface area (Å²) in [4.78, 5) is 0. The third kappa shape index (κ3) is 3.48. The predicted molar refractivity (Wildman–Crippen MR) is 92.5 cm³/mol. The first kappa shape index (κ1) is 17.7. The molecule has 0 saturated carbocycles. The molecule has 0 aromatic heterocycles. The molecule has 0 unspecified atom stereocenters. The molecule has 2 aliphatic heterocycles. The molecule has 0 aromatic carbocycles. The molecule has 0 bridgehead atoms. The van der Waals surface area contributed by atoms with Crippen molar-refractivity contribution in [3.63, 3.8) is 0 Å². The Labute approximate surface area is 133 Å². The normalized spacial score (nSPS) is 31.3. The third-order valence-electron chi connectivity index (χ3n) is 4.74. The van der Waals surface area contributed by atoms with Crippen LogP contribution < -0.4 is 0 Å². The maximum absolute atomic E-state index is 6.34. The van der Waals surface area contributed by atoms with Gasteiger partial charge in [-0.25, -0.2) is 0 Å². The third-order valence-corrected chi connectivity index (χ3v) is 8.82. The standard InChI is InChI=1S/C18H35O2P/c1-14(2,3)21-16(6,7)10-18(11-17(21,8)9)19-12-15(4,5)13-20-18/h10-13H2,1-9H3. The lowest BCUT2D eigenvalue weighted by atomic mass is 9.88. The van der Waals surface area contributed by atoms with E-state index in [0.717, 1.165) is 26.1 Å². The first-order chi connectivity index (χ1) is 9.19. The summed E-state index contributed by atoms with van der Waals surface area (Å²) in [7, 11) is -0.134.